The van der Waals surface area contributed by atoms with Gasteiger partial charge in [-0.25, -0.2) is 8.42 Å². The SMILES string of the molecule is CC(NC(=O)c1ccc(Br)s1)C(=O)NCc1ccc(CS(C)(=O)=O)cc1. The summed E-state index contributed by atoms with van der Waals surface area (Å²) in [6.07, 6.45) is 1.19. The van der Waals surface area contributed by atoms with Gasteiger partial charge < -0.3 is 10.6 Å². The third kappa shape index (κ3) is 6.54. The fourth-order valence-electron chi connectivity index (χ4n) is 2.17. The van der Waals surface area contributed by atoms with Gasteiger partial charge in [0.25, 0.3) is 5.91 Å². The van der Waals surface area contributed by atoms with Crippen molar-refractivity contribution in [2.24, 2.45) is 0 Å². The second-order valence-electron chi connectivity index (χ2n) is 5.90. The molecule has 0 radical (unpaired) electrons. The second kappa shape index (κ2) is 8.79. The van der Waals surface area contributed by atoms with Gasteiger partial charge in [-0.05, 0) is 46.1 Å². The van der Waals surface area contributed by atoms with E-state index in [0.29, 0.717) is 17.0 Å². The maximum absolute atomic E-state index is 12.1. The van der Waals surface area contributed by atoms with Crippen LogP contribution >= 0.6 is 27.3 Å². The Morgan fingerprint density at radius 3 is 2.27 bits per heavy atom. The van der Waals surface area contributed by atoms with Crippen molar-refractivity contribution < 1.29 is 18.0 Å². The summed E-state index contributed by atoms with van der Waals surface area (Å²) in [6.45, 7) is 1.91. The summed E-state index contributed by atoms with van der Waals surface area (Å²) in [4.78, 5) is 24.7. The van der Waals surface area contributed by atoms with Gasteiger partial charge in [-0.2, -0.15) is 0 Å². The summed E-state index contributed by atoms with van der Waals surface area (Å²) in [5.41, 5.74) is 1.54. The first kappa shape index (κ1) is 20.6. The molecule has 6 nitrogen and oxygen atoms in total. The van der Waals surface area contributed by atoms with Gasteiger partial charge in [0.2, 0.25) is 5.91 Å². The molecular formula is C17H19BrN2O4S2. The Kier molecular flexibility index (Phi) is 6.96. The van der Waals surface area contributed by atoms with Crippen molar-refractivity contribution in [1.29, 1.82) is 0 Å². The predicted octanol–water partition coefficient (Wildman–Crippen LogP) is 2.49. The summed E-state index contributed by atoms with van der Waals surface area (Å²) in [7, 11) is -3.07. The van der Waals surface area contributed by atoms with Crippen LogP contribution in [0.3, 0.4) is 0 Å². The third-order valence-corrected chi connectivity index (χ3v) is 5.94. The van der Waals surface area contributed by atoms with E-state index in [9.17, 15) is 18.0 Å². The Hall–Kier alpha value is -1.71. The molecule has 0 bridgehead atoms. The number of thiophene rings is 1. The number of nitrogens with one attached hydrogen (secondary N) is 2. The van der Waals surface area contributed by atoms with Crippen molar-refractivity contribution in [1.82, 2.24) is 10.6 Å². The summed E-state index contributed by atoms with van der Waals surface area (Å²) in [6, 6.07) is 9.78. The minimum Gasteiger partial charge on any atom is -0.350 e. The number of sulfone groups is 1. The highest BCUT2D eigenvalue weighted by Crippen LogP contribution is 2.21. The van der Waals surface area contributed by atoms with E-state index in [1.54, 1.807) is 43.3 Å². The van der Waals surface area contributed by atoms with Gasteiger partial charge in [-0.15, -0.1) is 11.3 Å². The van der Waals surface area contributed by atoms with Crippen LogP contribution in [0.25, 0.3) is 0 Å². The molecule has 0 aliphatic heterocycles. The minimum absolute atomic E-state index is 0.0124. The Bertz CT molecular complexity index is 892. The molecule has 0 spiro atoms. The zero-order valence-corrected chi connectivity index (χ0v) is 17.5. The first-order chi connectivity index (χ1) is 12.1. The van der Waals surface area contributed by atoms with Crippen molar-refractivity contribution in [3.63, 3.8) is 0 Å². The van der Waals surface area contributed by atoms with Crippen LogP contribution in [0.5, 0.6) is 0 Å². The summed E-state index contributed by atoms with van der Waals surface area (Å²) < 4.78 is 23.4. The van der Waals surface area contributed by atoms with E-state index in [2.05, 4.69) is 26.6 Å². The van der Waals surface area contributed by atoms with Crippen LogP contribution in [0.2, 0.25) is 0 Å². The average Bonchev–Trinajstić information content (AvgIpc) is 2.99. The number of hydrogen-bond acceptors (Lipinski definition) is 5. The Balaban J connectivity index is 1.84. The second-order valence-corrected chi connectivity index (χ2v) is 10.5. The minimum atomic E-state index is -3.07. The van der Waals surface area contributed by atoms with Gasteiger partial charge in [0, 0.05) is 12.8 Å². The molecule has 2 amide bonds. The highest BCUT2D eigenvalue weighted by molar-refractivity contribution is 9.11. The van der Waals surface area contributed by atoms with Crippen LogP contribution in [0, 0.1) is 0 Å². The highest BCUT2D eigenvalue weighted by atomic mass is 79.9. The number of halogens is 1. The summed E-state index contributed by atoms with van der Waals surface area (Å²) in [5, 5.41) is 5.40. The molecule has 1 atom stereocenters. The molecular weight excluding hydrogens is 440 g/mol. The highest BCUT2D eigenvalue weighted by Gasteiger charge is 2.17. The quantitative estimate of drug-likeness (QED) is 0.666. The molecule has 1 aromatic carbocycles. The number of rotatable bonds is 7. The van der Waals surface area contributed by atoms with Crippen molar-refractivity contribution >= 4 is 48.9 Å². The lowest BCUT2D eigenvalue weighted by atomic mass is 10.1. The Labute approximate surface area is 165 Å². The van der Waals surface area contributed by atoms with Crippen molar-refractivity contribution in [2.45, 2.75) is 25.3 Å². The van der Waals surface area contributed by atoms with E-state index in [4.69, 9.17) is 0 Å². The fourth-order valence-corrected chi connectivity index (χ4v) is 4.26. The van der Waals surface area contributed by atoms with Crippen LogP contribution < -0.4 is 10.6 Å². The molecule has 9 heteroatoms. The largest absolute Gasteiger partial charge is 0.350 e. The maximum Gasteiger partial charge on any atom is 0.262 e. The van der Waals surface area contributed by atoms with Crippen LogP contribution in [0.15, 0.2) is 40.2 Å². The lowest BCUT2D eigenvalue weighted by Crippen LogP contribution is -2.44. The van der Waals surface area contributed by atoms with Crippen molar-refractivity contribution in [3.8, 4) is 0 Å². The smallest absolute Gasteiger partial charge is 0.262 e. The normalized spacial score (nSPS) is 12.4. The molecule has 1 aromatic heterocycles. The van der Waals surface area contributed by atoms with Gasteiger partial charge >= 0.3 is 0 Å². The zero-order valence-electron chi connectivity index (χ0n) is 14.3. The number of benzene rings is 1. The van der Waals surface area contributed by atoms with Crippen LogP contribution in [-0.2, 0) is 26.9 Å². The molecule has 1 unspecified atom stereocenters. The van der Waals surface area contributed by atoms with Gasteiger partial charge in [0.15, 0.2) is 9.84 Å². The van der Waals surface area contributed by atoms with E-state index in [1.165, 1.54) is 17.6 Å². The molecule has 2 N–H and O–H groups in total. The van der Waals surface area contributed by atoms with E-state index < -0.39 is 15.9 Å². The average molecular weight is 459 g/mol. The number of amides is 2. The monoisotopic (exact) mass is 458 g/mol. The molecule has 0 saturated carbocycles. The first-order valence-corrected chi connectivity index (χ1v) is 11.4. The van der Waals surface area contributed by atoms with E-state index in [0.717, 1.165) is 9.35 Å². The molecule has 0 saturated heterocycles. The predicted molar refractivity (Wildman–Crippen MR) is 106 cm³/mol. The lowest BCUT2D eigenvalue weighted by molar-refractivity contribution is -0.122. The number of carbonyl (C=O) groups excluding carboxylic acids is 2. The van der Waals surface area contributed by atoms with Gasteiger partial charge in [0.1, 0.15) is 6.04 Å². The molecule has 140 valence electrons. The number of carbonyl (C=O) groups is 2. The van der Waals surface area contributed by atoms with Gasteiger partial charge in [-0.1, -0.05) is 24.3 Å². The van der Waals surface area contributed by atoms with Gasteiger partial charge in [0.05, 0.1) is 14.4 Å². The van der Waals surface area contributed by atoms with E-state index in [1.807, 2.05) is 0 Å². The molecule has 1 heterocycles. The summed E-state index contributed by atoms with van der Waals surface area (Å²) >= 11 is 4.59. The first-order valence-electron chi connectivity index (χ1n) is 7.73. The van der Waals surface area contributed by atoms with Crippen molar-refractivity contribution in [2.75, 3.05) is 6.26 Å². The van der Waals surface area contributed by atoms with Crippen molar-refractivity contribution in [3.05, 3.63) is 56.2 Å². The standard InChI is InChI=1S/C17H19BrN2O4S2/c1-11(20-17(22)14-7-8-15(18)25-14)16(21)19-9-12-3-5-13(6-4-12)10-26(2,23)24/h3-8,11H,9-10H2,1-2H3,(H,19,21)(H,20,22). The van der Waals surface area contributed by atoms with E-state index >= 15 is 0 Å². The zero-order chi connectivity index (χ0) is 19.3. The maximum atomic E-state index is 12.1. The molecule has 26 heavy (non-hydrogen) atoms. The molecule has 2 rings (SSSR count). The topological polar surface area (TPSA) is 92.3 Å². The van der Waals surface area contributed by atoms with Gasteiger partial charge in [-0.3, -0.25) is 9.59 Å². The Morgan fingerprint density at radius 1 is 1.12 bits per heavy atom. The lowest BCUT2D eigenvalue weighted by Gasteiger charge is -2.14. The van der Waals surface area contributed by atoms with Crippen LogP contribution in [-0.4, -0.2) is 32.5 Å². The molecule has 2 aromatic rings. The van der Waals surface area contributed by atoms with E-state index in [-0.39, 0.29) is 17.6 Å². The van der Waals surface area contributed by atoms with Crippen LogP contribution in [0.4, 0.5) is 0 Å². The fraction of sp³-hybridized carbons (Fsp3) is 0.294. The molecule has 0 aliphatic rings. The molecule has 0 fully saturated rings. The number of hydrogen-bond donors (Lipinski definition) is 2. The Morgan fingerprint density at radius 2 is 1.73 bits per heavy atom. The summed E-state index contributed by atoms with van der Waals surface area (Å²) in [5.74, 6) is -0.607. The molecule has 0 aliphatic carbocycles. The third-order valence-electron chi connectivity index (χ3n) is 3.46. The van der Waals surface area contributed by atoms with Crippen LogP contribution in [0.1, 0.15) is 27.7 Å².